The third-order valence-electron chi connectivity index (χ3n) is 1.95. The summed E-state index contributed by atoms with van der Waals surface area (Å²) in [4.78, 5) is 31.3. The van der Waals surface area contributed by atoms with Gasteiger partial charge in [0.25, 0.3) is 6.47 Å². The first-order chi connectivity index (χ1) is 8.31. The Hall–Kier alpha value is -2.38. The zero-order chi connectivity index (χ0) is 13.9. The monoisotopic (exact) mass is 262 g/mol. The predicted molar refractivity (Wildman–Crippen MR) is 50.5 cm³/mol. The highest BCUT2D eigenvalue weighted by molar-refractivity contribution is 5.93. The fourth-order valence-corrected chi connectivity index (χ4v) is 1.31. The molecule has 0 spiro atoms. The van der Waals surface area contributed by atoms with Crippen molar-refractivity contribution in [2.45, 2.75) is 6.18 Å². The van der Waals surface area contributed by atoms with Gasteiger partial charge in [0.1, 0.15) is 17.6 Å². The van der Waals surface area contributed by atoms with Crippen molar-refractivity contribution in [3.05, 3.63) is 28.8 Å². The van der Waals surface area contributed by atoms with E-state index >= 15 is 0 Å². The molecular weight excluding hydrogens is 257 g/mol. The van der Waals surface area contributed by atoms with Gasteiger partial charge in [-0.25, -0.2) is 4.79 Å². The van der Waals surface area contributed by atoms with Crippen molar-refractivity contribution in [1.29, 1.82) is 0 Å². The third kappa shape index (κ3) is 2.65. The summed E-state index contributed by atoms with van der Waals surface area (Å²) in [5, 5.41) is 8.68. The molecule has 0 saturated heterocycles. The highest BCUT2D eigenvalue weighted by Crippen LogP contribution is 2.39. The van der Waals surface area contributed by atoms with Crippen LogP contribution in [-0.2, 0) is 11.0 Å². The molecule has 8 heteroatoms. The average Bonchev–Trinajstić information content (AvgIpc) is 2.26. The maximum absolute atomic E-state index is 12.7. The van der Waals surface area contributed by atoms with Crippen molar-refractivity contribution in [2.75, 3.05) is 0 Å². The van der Waals surface area contributed by atoms with Crippen LogP contribution in [0.2, 0.25) is 0 Å². The molecule has 0 atom stereocenters. The van der Waals surface area contributed by atoms with Crippen LogP contribution >= 0.6 is 0 Å². The number of rotatable bonds is 4. The van der Waals surface area contributed by atoms with Crippen molar-refractivity contribution in [3.8, 4) is 5.75 Å². The maximum atomic E-state index is 12.7. The lowest BCUT2D eigenvalue weighted by Gasteiger charge is -2.14. The Morgan fingerprint density at radius 1 is 1.28 bits per heavy atom. The number of carboxylic acids is 1. The van der Waals surface area contributed by atoms with E-state index in [1.807, 2.05) is 0 Å². The summed E-state index contributed by atoms with van der Waals surface area (Å²) in [6.45, 7) is -0.287. The quantitative estimate of drug-likeness (QED) is 0.836. The number of carboxylic acid groups (broad SMARTS) is 1. The lowest BCUT2D eigenvalue weighted by Crippen LogP contribution is -2.15. The minimum Gasteiger partial charge on any atom is -0.478 e. The summed E-state index contributed by atoms with van der Waals surface area (Å²) in [6, 6.07) is 1.19. The number of halogens is 3. The van der Waals surface area contributed by atoms with E-state index in [0.717, 1.165) is 0 Å². The molecule has 0 unspecified atom stereocenters. The van der Waals surface area contributed by atoms with Crippen molar-refractivity contribution in [3.63, 3.8) is 0 Å². The van der Waals surface area contributed by atoms with Crippen LogP contribution in [0.3, 0.4) is 0 Å². The fraction of sp³-hybridized carbons (Fsp3) is 0.100. The van der Waals surface area contributed by atoms with Gasteiger partial charge in [0.2, 0.25) is 0 Å². The Morgan fingerprint density at radius 3 is 2.28 bits per heavy atom. The molecule has 96 valence electrons. The number of aldehydes is 1. The van der Waals surface area contributed by atoms with Gasteiger partial charge in [-0.1, -0.05) is 0 Å². The van der Waals surface area contributed by atoms with Gasteiger partial charge in [0, 0.05) is 5.56 Å². The van der Waals surface area contributed by atoms with E-state index in [4.69, 9.17) is 5.11 Å². The Labute approximate surface area is 97.8 Å². The largest absolute Gasteiger partial charge is 0.478 e. The normalized spacial score (nSPS) is 10.8. The van der Waals surface area contributed by atoms with Gasteiger partial charge in [0.05, 0.1) is 5.56 Å². The molecule has 0 fully saturated rings. The number of carbonyl (C=O) groups excluding carboxylic acids is 2. The highest BCUT2D eigenvalue weighted by atomic mass is 19.4. The second-order valence-electron chi connectivity index (χ2n) is 3.08. The number of hydrogen-bond donors (Lipinski definition) is 1. The minimum absolute atomic E-state index is 0.143. The molecule has 0 aliphatic rings. The van der Waals surface area contributed by atoms with E-state index in [2.05, 4.69) is 4.74 Å². The second kappa shape index (κ2) is 4.86. The first-order valence-corrected chi connectivity index (χ1v) is 4.35. The summed E-state index contributed by atoms with van der Waals surface area (Å²) in [5.41, 5.74) is -3.13. The molecule has 0 amide bonds. The first kappa shape index (κ1) is 13.7. The summed E-state index contributed by atoms with van der Waals surface area (Å²) in [6.07, 6.45) is -4.89. The summed E-state index contributed by atoms with van der Waals surface area (Å²) >= 11 is 0. The first-order valence-electron chi connectivity index (χ1n) is 4.35. The van der Waals surface area contributed by atoms with E-state index in [1.54, 1.807) is 0 Å². The number of benzene rings is 1. The molecule has 0 aliphatic heterocycles. The van der Waals surface area contributed by atoms with Gasteiger partial charge in [0.15, 0.2) is 0 Å². The molecule has 1 N–H and O–H groups in total. The van der Waals surface area contributed by atoms with Gasteiger partial charge in [-0.3, -0.25) is 9.59 Å². The Bertz CT molecular complexity index is 507. The lowest BCUT2D eigenvalue weighted by atomic mass is 10.0. The third-order valence-corrected chi connectivity index (χ3v) is 1.95. The standard InChI is InChI=1S/C10H5F3O5/c11-10(12,13)8-6(9(16)17)1-5(3-14)2-7(8)18-4-15/h1-4H,(H,16,17). The summed E-state index contributed by atoms with van der Waals surface area (Å²) in [7, 11) is 0. The van der Waals surface area contributed by atoms with E-state index in [1.165, 1.54) is 0 Å². The zero-order valence-corrected chi connectivity index (χ0v) is 8.52. The topological polar surface area (TPSA) is 80.7 Å². The molecule has 0 radical (unpaired) electrons. The highest BCUT2D eigenvalue weighted by Gasteiger charge is 2.39. The summed E-state index contributed by atoms with van der Waals surface area (Å²) in [5.74, 6) is -2.92. The molecule has 0 bridgehead atoms. The number of carbonyl (C=O) groups is 3. The van der Waals surface area contributed by atoms with Gasteiger partial charge in [-0.2, -0.15) is 13.2 Å². The second-order valence-corrected chi connectivity index (χ2v) is 3.08. The van der Waals surface area contributed by atoms with Crippen LogP contribution in [0.1, 0.15) is 26.3 Å². The Balaban J connectivity index is 3.65. The van der Waals surface area contributed by atoms with E-state index in [9.17, 15) is 27.6 Å². The van der Waals surface area contributed by atoms with Crippen molar-refractivity contribution < 1.29 is 37.4 Å². The molecular formula is C10H5F3O5. The molecule has 0 aliphatic carbocycles. The van der Waals surface area contributed by atoms with Crippen LogP contribution in [0.5, 0.6) is 5.75 Å². The van der Waals surface area contributed by atoms with Crippen LogP contribution in [0.25, 0.3) is 0 Å². The predicted octanol–water partition coefficient (Wildman–Crippen LogP) is 1.75. The van der Waals surface area contributed by atoms with Crippen LogP contribution in [0.4, 0.5) is 13.2 Å². The van der Waals surface area contributed by atoms with Crippen molar-refractivity contribution in [1.82, 2.24) is 0 Å². The molecule has 1 rings (SSSR count). The van der Waals surface area contributed by atoms with Crippen LogP contribution in [-0.4, -0.2) is 23.8 Å². The molecule has 0 heterocycles. The minimum atomic E-state index is -5.03. The van der Waals surface area contributed by atoms with Crippen molar-refractivity contribution in [2.24, 2.45) is 0 Å². The van der Waals surface area contributed by atoms with E-state index in [-0.39, 0.29) is 18.3 Å². The smallest absolute Gasteiger partial charge is 0.420 e. The maximum Gasteiger partial charge on any atom is 0.420 e. The van der Waals surface area contributed by atoms with Gasteiger partial charge >= 0.3 is 12.1 Å². The molecule has 1 aromatic carbocycles. The van der Waals surface area contributed by atoms with E-state index in [0.29, 0.717) is 12.1 Å². The molecule has 18 heavy (non-hydrogen) atoms. The molecule has 0 saturated carbocycles. The summed E-state index contributed by atoms with van der Waals surface area (Å²) < 4.78 is 42.1. The number of hydrogen-bond acceptors (Lipinski definition) is 4. The molecule has 1 aromatic rings. The van der Waals surface area contributed by atoms with Crippen LogP contribution in [0.15, 0.2) is 12.1 Å². The zero-order valence-electron chi connectivity index (χ0n) is 8.52. The van der Waals surface area contributed by atoms with Crippen molar-refractivity contribution >= 4 is 18.7 Å². The number of aromatic carboxylic acids is 1. The number of alkyl halides is 3. The molecule has 0 aromatic heterocycles. The number of ether oxygens (including phenoxy) is 1. The lowest BCUT2D eigenvalue weighted by molar-refractivity contribution is -0.140. The Morgan fingerprint density at radius 2 is 1.89 bits per heavy atom. The van der Waals surface area contributed by atoms with Gasteiger partial charge in [-0.05, 0) is 12.1 Å². The van der Waals surface area contributed by atoms with Crippen LogP contribution < -0.4 is 4.74 Å². The van der Waals surface area contributed by atoms with Gasteiger partial charge < -0.3 is 9.84 Å². The molecule has 5 nitrogen and oxygen atoms in total. The van der Waals surface area contributed by atoms with Crippen LogP contribution in [0, 0.1) is 0 Å². The van der Waals surface area contributed by atoms with Gasteiger partial charge in [-0.15, -0.1) is 0 Å². The Kier molecular flexibility index (Phi) is 3.70. The van der Waals surface area contributed by atoms with E-state index < -0.39 is 29.0 Å². The SMILES string of the molecule is O=COc1cc(C=O)cc(C(=O)O)c1C(F)(F)F. The fourth-order valence-electron chi connectivity index (χ4n) is 1.31. The average molecular weight is 262 g/mol.